The van der Waals surface area contributed by atoms with Crippen LogP contribution in [0.15, 0.2) is 53.4 Å². The van der Waals surface area contributed by atoms with Gasteiger partial charge < -0.3 is 15.5 Å². The van der Waals surface area contributed by atoms with Crippen molar-refractivity contribution in [2.24, 2.45) is 0 Å². The highest BCUT2D eigenvalue weighted by atomic mass is 32.2. The van der Waals surface area contributed by atoms with E-state index in [4.69, 9.17) is 17.3 Å². The molecular formula is C20H16N2O5S2. The summed E-state index contributed by atoms with van der Waals surface area (Å²) in [5.74, 6) is -1.63. The Bertz CT molecular complexity index is 1020. The van der Waals surface area contributed by atoms with Crippen molar-refractivity contribution < 1.29 is 24.6 Å². The average molecular weight is 428 g/mol. The SMILES string of the molecule is O=C(CCN1C(=O)/C(=C/c2ccccc2O)SC1=S)Nc1ccc(C(=O)O)cc1. The molecule has 0 unspecified atom stereocenters. The largest absolute Gasteiger partial charge is 0.507 e. The maximum absolute atomic E-state index is 12.6. The summed E-state index contributed by atoms with van der Waals surface area (Å²) >= 11 is 6.36. The Kier molecular flexibility index (Phi) is 6.30. The van der Waals surface area contributed by atoms with Gasteiger partial charge in [0, 0.05) is 24.2 Å². The van der Waals surface area contributed by atoms with E-state index in [1.807, 2.05) is 0 Å². The fourth-order valence-corrected chi connectivity index (χ4v) is 3.88. The molecule has 1 fully saturated rings. The molecule has 3 rings (SSSR count). The molecule has 2 aromatic carbocycles. The van der Waals surface area contributed by atoms with Gasteiger partial charge in [-0.2, -0.15) is 0 Å². The maximum Gasteiger partial charge on any atom is 0.335 e. The summed E-state index contributed by atoms with van der Waals surface area (Å²) in [6.07, 6.45) is 1.59. The van der Waals surface area contributed by atoms with Gasteiger partial charge in [0.15, 0.2) is 0 Å². The van der Waals surface area contributed by atoms with Crippen LogP contribution in [0.2, 0.25) is 0 Å². The number of carbonyl (C=O) groups excluding carboxylic acids is 2. The molecule has 0 bridgehead atoms. The summed E-state index contributed by atoms with van der Waals surface area (Å²) in [5.41, 5.74) is 1.09. The van der Waals surface area contributed by atoms with E-state index in [1.165, 1.54) is 35.2 Å². The van der Waals surface area contributed by atoms with E-state index in [2.05, 4.69) is 5.32 Å². The van der Waals surface area contributed by atoms with Gasteiger partial charge in [-0.05, 0) is 36.4 Å². The van der Waals surface area contributed by atoms with Crippen LogP contribution in [-0.4, -0.2) is 43.8 Å². The summed E-state index contributed by atoms with van der Waals surface area (Å²) in [5, 5.41) is 21.4. The summed E-state index contributed by atoms with van der Waals surface area (Å²) in [6.45, 7) is 0.113. The number of carboxylic acid groups (broad SMARTS) is 1. The number of nitrogens with zero attached hydrogens (tertiary/aromatic N) is 1. The second-order valence-corrected chi connectivity index (χ2v) is 7.75. The van der Waals surface area contributed by atoms with Crippen LogP contribution in [0.25, 0.3) is 6.08 Å². The van der Waals surface area contributed by atoms with Crippen molar-refractivity contribution in [3.05, 3.63) is 64.6 Å². The third kappa shape index (κ3) is 5.01. The van der Waals surface area contributed by atoms with Gasteiger partial charge >= 0.3 is 5.97 Å². The monoisotopic (exact) mass is 428 g/mol. The Labute approximate surface area is 176 Å². The number of thiocarbonyl (C=S) groups is 1. The number of thioether (sulfide) groups is 1. The molecule has 1 saturated heterocycles. The Morgan fingerprint density at radius 1 is 1.14 bits per heavy atom. The molecule has 3 N–H and O–H groups in total. The van der Waals surface area contributed by atoms with E-state index < -0.39 is 5.97 Å². The number of phenols is 1. The van der Waals surface area contributed by atoms with E-state index in [1.54, 1.807) is 24.3 Å². The second kappa shape index (κ2) is 8.89. The molecule has 7 nitrogen and oxygen atoms in total. The van der Waals surface area contributed by atoms with Crippen LogP contribution < -0.4 is 5.32 Å². The number of aromatic hydroxyl groups is 1. The molecule has 0 saturated carbocycles. The summed E-state index contributed by atoms with van der Waals surface area (Å²) in [4.78, 5) is 37.3. The Morgan fingerprint density at radius 3 is 2.48 bits per heavy atom. The number of nitrogens with one attached hydrogen (secondary N) is 1. The van der Waals surface area contributed by atoms with Crippen molar-refractivity contribution >= 4 is 57.8 Å². The minimum atomic E-state index is -1.05. The second-order valence-electron chi connectivity index (χ2n) is 6.07. The molecule has 2 amide bonds. The quantitative estimate of drug-likeness (QED) is 0.479. The molecule has 2 aromatic rings. The van der Waals surface area contributed by atoms with Crippen LogP contribution in [0, 0.1) is 0 Å². The van der Waals surface area contributed by atoms with Crippen LogP contribution in [0.5, 0.6) is 5.75 Å². The number of anilines is 1. The number of phenolic OH excluding ortho intramolecular Hbond substituents is 1. The zero-order valence-corrected chi connectivity index (χ0v) is 16.6. The predicted octanol–water partition coefficient (Wildman–Crippen LogP) is 3.32. The highest BCUT2D eigenvalue weighted by molar-refractivity contribution is 8.26. The van der Waals surface area contributed by atoms with Gasteiger partial charge in [0.25, 0.3) is 5.91 Å². The average Bonchev–Trinajstić information content (AvgIpc) is 2.95. The molecule has 1 aliphatic heterocycles. The van der Waals surface area contributed by atoms with Crippen molar-refractivity contribution in [3.8, 4) is 5.75 Å². The first-order valence-electron chi connectivity index (χ1n) is 8.52. The number of para-hydroxylation sites is 1. The van der Waals surface area contributed by atoms with E-state index in [0.29, 0.717) is 20.5 Å². The first kappa shape index (κ1) is 20.6. The van der Waals surface area contributed by atoms with Crippen LogP contribution in [0.3, 0.4) is 0 Å². The molecule has 0 spiro atoms. The molecule has 9 heteroatoms. The molecule has 148 valence electrons. The minimum Gasteiger partial charge on any atom is -0.507 e. The lowest BCUT2D eigenvalue weighted by molar-refractivity contribution is -0.122. The van der Waals surface area contributed by atoms with E-state index in [-0.39, 0.29) is 36.1 Å². The Balaban J connectivity index is 1.59. The van der Waals surface area contributed by atoms with Crippen LogP contribution >= 0.6 is 24.0 Å². The van der Waals surface area contributed by atoms with Crippen molar-refractivity contribution in [1.29, 1.82) is 0 Å². The molecular weight excluding hydrogens is 412 g/mol. The number of carboxylic acids is 1. The van der Waals surface area contributed by atoms with Gasteiger partial charge in [0.1, 0.15) is 10.1 Å². The molecule has 1 aliphatic rings. The molecule has 0 aliphatic carbocycles. The highest BCUT2D eigenvalue weighted by Crippen LogP contribution is 2.34. The lowest BCUT2D eigenvalue weighted by atomic mass is 10.2. The summed E-state index contributed by atoms with van der Waals surface area (Å²) in [7, 11) is 0. The van der Waals surface area contributed by atoms with Crippen molar-refractivity contribution in [2.75, 3.05) is 11.9 Å². The zero-order valence-electron chi connectivity index (χ0n) is 15.0. The first-order chi connectivity index (χ1) is 13.8. The third-order valence-electron chi connectivity index (χ3n) is 4.08. The number of rotatable bonds is 6. The van der Waals surface area contributed by atoms with Crippen LogP contribution in [0.4, 0.5) is 5.69 Å². The maximum atomic E-state index is 12.6. The smallest absolute Gasteiger partial charge is 0.335 e. The van der Waals surface area contributed by atoms with E-state index in [9.17, 15) is 19.5 Å². The topological polar surface area (TPSA) is 107 Å². The number of aromatic carboxylic acids is 1. The first-order valence-corrected chi connectivity index (χ1v) is 9.74. The van der Waals surface area contributed by atoms with E-state index in [0.717, 1.165) is 11.8 Å². The molecule has 0 aromatic heterocycles. The third-order valence-corrected chi connectivity index (χ3v) is 5.45. The van der Waals surface area contributed by atoms with E-state index >= 15 is 0 Å². The Hall–Kier alpha value is -3.17. The number of benzene rings is 2. The predicted molar refractivity (Wildman–Crippen MR) is 115 cm³/mol. The van der Waals surface area contributed by atoms with Gasteiger partial charge in [-0.15, -0.1) is 0 Å². The minimum absolute atomic E-state index is 0.0248. The van der Waals surface area contributed by atoms with Crippen molar-refractivity contribution in [3.63, 3.8) is 0 Å². The lowest BCUT2D eigenvalue weighted by Crippen LogP contribution is -2.31. The number of hydrogen-bond donors (Lipinski definition) is 3. The molecule has 1 heterocycles. The zero-order chi connectivity index (χ0) is 21.0. The number of carbonyl (C=O) groups is 3. The van der Waals surface area contributed by atoms with Gasteiger partial charge in [0.05, 0.1) is 10.5 Å². The van der Waals surface area contributed by atoms with Crippen LogP contribution in [-0.2, 0) is 9.59 Å². The van der Waals surface area contributed by atoms with Crippen molar-refractivity contribution in [2.45, 2.75) is 6.42 Å². The standard InChI is InChI=1S/C20H16N2O5S2/c23-15-4-2-1-3-13(15)11-16-18(25)22(20(28)29-16)10-9-17(24)21-14-7-5-12(6-8-14)19(26)27/h1-8,11,23H,9-10H2,(H,21,24)(H,26,27)/b16-11-. The number of amides is 2. The normalized spacial score (nSPS) is 15.0. The van der Waals surface area contributed by atoms with Gasteiger partial charge in [0.2, 0.25) is 5.91 Å². The summed E-state index contributed by atoms with van der Waals surface area (Å²) in [6, 6.07) is 12.4. The molecule has 29 heavy (non-hydrogen) atoms. The van der Waals surface area contributed by atoms with Gasteiger partial charge in [-0.1, -0.05) is 42.2 Å². The Morgan fingerprint density at radius 2 is 1.83 bits per heavy atom. The van der Waals surface area contributed by atoms with Crippen molar-refractivity contribution in [1.82, 2.24) is 4.90 Å². The lowest BCUT2D eigenvalue weighted by Gasteiger charge is -2.14. The molecule has 0 radical (unpaired) electrons. The number of hydrogen-bond acceptors (Lipinski definition) is 6. The van der Waals surface area contributed by atoms with Gasteiger partial charge in [-0.3, -0.25) is 14.5 Å². The fraction of sp³-hybridized carbons (Fsp3) is 0.100. The van der Waals surface area contributed by atoms with Crippen LogP contribution in [0.1, 0.15) is 22.3 Å². The summed E-state index contributed by atoms with van der Waals surface area (Å²) < 4.78 is 0.343. The molecule has 0 atom stereocenters. The fourth-order valence-electron chi connectivity index (χ4n) is 2.58. The highest BCUT2D eigenvalue weighted by Gasteiger charge is 2.32. The van der Waals surface area contributed by atoms with Gasteiger partial charge in [-0.25, -0.2) is 4.79 Å².